The van der Waals surface area contributed by atoms with Crippen molar-refractivity contribution in [2.75, 3.05) is 6.54 Å². The number of hydrogen-bond donors (Lipinski definition) is 2. The van der Waals surface area contributed by atoms with Gasteiger partial charge in [-0.3, -0.25) is 14.9 Å². The summed E-state index contributed by atoms with van der Waals surface area (Å²) >= 11 is 1.31. The molecule has 22 heavy (non-hydrogen) atoms. The monoisotopic (exact) mass is 321 g/mol. The average Bonchev–Trinajstić information content (AvgIpc) is 3.01. The molecular formula is C14H15N3O4S. The van der Waals surface area contributed by atoms with Gasteiger partial charge >= 0.3 is 0 Å². The van der Waals surface area contributed by atoms with Gasteiger partial charge < -0.3 is 10.4 Å². The number of nitrogens with zero attached hydrogens (tertiary/aromatic N) is 2. The summed E-state index contributed by atoms with van der Waals surface area (Å²) < 4.78 is 0. The first-order valence-electron chi connectivity index (χ1n) is 6.66. The molecule has 2 aromatic rings. The Hall–Kier alpha value is -2.32. The smallest absolute Gasteiger partial charge is 0.269 e. The first-order valence-corrected chi connectivity index (χ1v) is 7.48. The van der Waals surface area contributed by atoms with Crippen LogP contribution in [0.3, 0.4) is 0 Å². The highest BCUT2D eigenvalue weighted by molar-refractivity contribution is 7.13. The summed E-state index contributed by atoms with van der Waals surface area (Å²) in [5.74, 6) is -0.293. The van der Waals surface area contributed by atoms with Crippen molar-refractivity contribution in [2.45, 2.75) is 19.4 Å². The molecule has 116 valence electrons. The lowest BCUT2D eigenvalue weighted by Crippen LogP contribution is -2.27. The van der Waals surface area contributed by atoms with Crippen LogP contribution in [0.15, 0.2) is 30.5 Å². The number of carbonyl (C=O) groups is 1. The van der Waals surface area contributed by atoms with E-state index in [-0.39, 0.29) is 18.1 Å². The van der Waals surface area contributed by atoms with E-state index >= 15 is 0 Å². The summed E-state index contributed by atoms with van der Waals surface area (Å²) in [4.78, 5) is 26.6. The fourth-order valence-electron chi connectivity index (χ4n) is 1.79. The van der Waals surface area contributed by atoms with E-state index in [1.165, 1.54) is 41.8 Å². The second-order valence-electron chi connectivity index (χ2n) is 4.55. The molecule has 0 aliphatic rings. The Labute approximate surface area is 130 Å². The van der Waals surface area contributed by atoms with E-state index in [9.17, 15) is 20.0 Å². The van der Waals surface area contributed by atoms with Crippen molar-refractivity contribution >= 4 is 22.9 Å². The number of nitro groups is 1. The molecule has 1 aromatic heterocycles. The van der Waals surface area contributed by atoms with Crippen LogP contribution in [0.2, 0.25) is 0 Å². The highest BCUT2D eigenvalue weighted by atomic mass is 32.1. The number of hydrogen-bond acceptors (Lipinski definition) is 6. The van der Waals surface area contributed by atoms with E-state index in [2.05, 4.69) is 10.3 Å². The van der Waals surface area contributed by atoms with Crippen LogP contribution in [0.25, 0.3) is 0 Å². The Bertz CT molecular complexity index is 669. The Morgan fingerprint density at radius 2 is 2.14 bits per heavy atom. The molecule has 7 nitrogen and oxygen atoms in total. The van der Waals surface area contributed by atoms with Crippen LogP contribution in [0.5, 0.6) is 0 Å². The van der Waals surface area contributed by atoms with Crippen LogP contribution in [-0.2, 0) is 6.42 Å². The standard InChI is InChI=1S/C14H15N3O4S/c1-2-13-15-8-12(22-13)14(19)16-7-11(18)9-3-5-10(6-4-9)17(20)21/h3-6,8,11,18H,2,7H2,1H3,(H,16,19). The van der Waals surface area contributed by atoms with Crippen LogP contribution < -0.4 is 5.32 Å². The molecule has 8 heteroatoms. The van der Waals surface area contributed by atoms with E-state index in [0.29, 0.717) is 10.4 Å². The lowest BCUT2D eigenvalue weighted by atomic mass is 10.1. The van der Waals surface area contributed by atoms with Crippen molar-refractivity contribution in [3.63, 3.8) is 0 Å². The van der Waals surface area contributed by atoms with Crippen LogP contribution in [0.1, 0.15) is 33.3 Å². The van der Waals surface area contributed by atoms with Crippen molar-refractivity contribution in [3.8, 4) is 0 Å². The molecule has 0 saturated carbocycles. The molecule has 0 fully saturated rings. The first kappa shape index (κ1) is 16.1. The number of nitro benzene ring substituents is 1. The van der Waals surface area contributed by atoms with E-state index in [4.69, 9.17) is 0 Å². The molecule has 0 radical (unpaired) electrons. The molecule has 2 rings (SSSR count). The lowest BCUT2D eigenvalue weighted by Gasteiger charge is -2.11. The topological polar surface area (TPSA) is 105 Å². The number of rotatable bonds is 6. The molecule has 1 atom stereocenters. The fraction of sp³-hybridized carbons (Fsp3) is 0.286. The Morgan fingerprint density at radius 1 is 1.45 bits per heavy atom. The summed E-state index contributed by atoms with van der Waals surface area (Å²) in [6.07, 6.45) is 1.35. The third-order valence-electron chi connectivity index (χ3n) is 3.02. The van der Waals surface area contributed by atoms with Crippen molar-refractivity contribution in [1.82, 2.24) is 10.3 Å². The zero-order valence-corrected chi connectivity index (χ0v) is 12.7. The number of carbonyl (C=O) groups excluding carboxylic acids is 1. The number of thiazole rings is 1. The molecule has 1 aromatic carbocycles. The second-order valence-corrected chi connectivity index (χ2v) is 5.66. The van der Waals surface area contributed by atoms with Crippen molar-refractivity contribution < 1.29 is 14.8 Å². The minimum absolute atomic E-state index is 0.0238. The molecule has 0 spiro atoms. The Morgan fingerprint density at radius 3 is 2.68 bits per heavy atom. The molecule has 0 bridgehead atoms. The van der Waals surface area contributed by atoms with Crippen LogP contribution in [0, 0.1) is 10.1 Å². The predicted molar refractivity (Wildman–Crippen MR) is 81.9 cm³/mol. The third-order valence-corrected chi connectivity index (χ3v) is 4.16. The minimum Gasteiger partial charge on any atom is -0.387 e. The maximum Gasteiger partial charge on any atom is 0.269 e. The summed E-state index contributed by atoms with van der Waals surface area (Å²) in [6.45, 7) is 1.98. The Balaban J connectivity index is 1.92. The molecule has 0 aliphatic heterocycles. The number of benzene rings is 1. The highest BCUT2D eigenvalue weighted by Crippen LogP contribution is 2.18. The van der Waals surface area contributed by atoms with Crippen LogP contribution in [0.4, 0.5) is 5.69 Å². The number of aliphatic hydroxyl groups excluding tert-OH is 1. The number of aryl methyl sites for hydroxylation is 1. The van der Waals surface area contributed by atoms with E-state index in [1.54, 1.807) is 0 Å². The summed E-state index contributed by atoms with van der Waals surface area (Å²) in [6, 6.07) is 5.57. The van der Waals surface area contributed by atoms with Crippen LogP contribution >= 0.6 is 11.3 Å². The van der Waals surface area contributed by atoms with Gasteiger partial charge in [0.2, 0.25) is 0 Å². The molecule has 1 heterocycles. The SMILES string of the molecule is CCc1ncc(C(=O)NCC(O)c2ccc([N+](=O)[O-])cc2)s1. The third kappa shape index (κ3) is 3.86. The van der Waals surface area contributed by atoms with Gasteiger partial charge in [-0.1, -0.05) is 6.92 Å². The van der Waals surface area contributed by atoms with Gasteiger partial charge in [0.15, 0.2) is 0 Å². The summed E-state index contributed by atoms with van der Waals surface area (Å²) in [5, 5.41) is 24.1. The number of nitrogens with one attached hydrogen (secondary N) is 1. The van der Waals surface area contributed by atoms with Gasteiger partial charge in [-0.15, -0.1) is 11.3 Å². The van der Waals surface area contributed by atoms with Gasteiger partial charge in [0.05, 0.1) is 22.2 Å². The van der Waals surface area contributed by atoms with Gasteiger partial charge in [-0.2, -0.15) is 0 Å². The summed E-state index contributed by atoms with van der Waals surface area (Å²) in [5.41, 5.74) is 0.459. The van der Waals surface area contributed by atoms with E-state index in [0.717, 1.165) is 11.4 Å². The van der Waals surface area contributed by atoms with Crippen molar-refractivity contribution in [2.24, 2.45) is 0 Å². The lowest BCUT2D eigenvalue weighted by molar-refractivity contribution is -0.384. The molecule has 0 aliphatic carbocycles. The zero-order valence-electron chi connectivity index (χ0n) is 11.9. The van der Waals surface area contributed by atoms with E-state index < -0.39 is 11.0 Å². The Kier molecular flexibility index (Phi) is 5.18. The normalized spacial score (nSPS) is 11.9. The maximum absolute atomic E-state index is 11.9. The quantitative estimate of drug-likeness (QED) is 0.626. The highest BCUT2D eigenvalue weighted by Gasteiger charge is 2.14. The van der Waals surface area contributed by atoms with E-state index in [1.807, 2.05) is 6.92 Å². The van der Waals surface area contributed by atoms with Gasteiger partial charge in [-0.25, -0.2) is 4.98 Å². The maximum atomic E-state index is 11.9. The van der Waals surface area contributed by atoms with Crippen LogP contribution in [-0.4, -0.2) is 27.5 Å². The predicted octanol–water partition coefficient (Wildman–Crippen LogP) is 2.08. The van der Waals surface area contributed by atoms with Crippen molar-refractivity contribution in [3.05, 3.63) is 56.0 Å². The zero-order chi connectivity index (χ0) is 16.1. The molecule has 0 saturated heterocycles. The molecule has 2 N–H and O–H groups in total. The average molecular weight is 321 g/mol. The largest absolute Gasteiger partial charge is 0.387 e. The molecule has 1 amide bonds. The number of non-ortho nitro benzene ring substituents is 1. The second kappa shape index (κ2) is 7.10. The van der Waals surface area contributed by atoms with Gasteiger partial charge in [0.25, 0.3) is 11.6 Å². The number of amides is 1. The number of aliphatic hydroxyl groups is 1. The fourth-order valence-corrected chi connectivity index (χ4v) is 2.57. The molecular weight excluding hydrogens is 306 g/mol. The first-order chi connectivity index (χ1) is 10.5. The summed E-state index contributed by atoms with van der Waals surface area (Å²) in [7, 11) is 0. The minimum atomic E-state index is -0.927. The van der Waals surface area contributed by atoms with Crippen molar-refractivity contribution in [1.29, 1.82) is 0 Å². The number of aromatic nitrogens is 1. The van der Waals surface area contributed by atoms with Gasteiger partial charge in [0.1, 0.15) is 4.88 Å². The van der Waals surface area contributed by atoms with Gasteiger partial charge in [0, 0.05) is 18.7 Å². The van der Waals surface area contributed by atoms with Gasteiger partial charge in [-0.05, 0) is 24.1 Å². The molecule has 1 unspecified atom stereocenters.